The van der Waals surface area contributed by atoms with Gasteiger partial charge in [0, 0.05) is 21.8 Å². The highest BCUT2D eigenvalue weighted by Gasteiger charge is 2.25. The second-order valence-corrected chi connectivity index (χ2v) is 9.03. The molecule has 0 spiro atoms. The number of carbonyl (C=O) groups is 2. The number of nitrogens with two attached hydrogens (primary N) is 1. The van der Waals surface area contributed by atoms with Crippen LogP contribution in [-0.4, -0.2) is 11.8 Å². The number of benzene rings is 4. The van der Waals surface area contributed by atoms with Crippen LogP contribution in [0.25, 0.3) is 11.1 Å². The molecule has 34 heavy (non-hydrogen) atoms. The van der Waals surface area contributed by atoms with E-state index in [9.17, 15) is 9.59 Å². The lowest BCUT2D eigenvalue weighted by molar-refractivity contribution is 0.0981. The van der Waals surface area contributed by atoms with Crippen molar-refractivity contribution in [2.45, 2.75) is 13.0 Å². The molecule has 168 valence electrons. The van der Waals surface area contributed by atoms with E-state index in [1.807, 2.05) is 48.5 Å². The van der Waals surface area contributed by atoms with Gasteiger partial charge in [0.2, 0.25) is 5.91 Å². The summed E-state index contributed by atoms with van der Waals surface area (Å²) in [6, 6.07) is 26.1. The number of amides is 2. The van der Waals surface area contributed by atoms with Gasteiger partial charge in [-0.15, -0.1) is 0 Å². The van der Waals surface area contributed by atoms with Crippen LogP contribution < -0.4 is 10.6 Å². The van der Waals surface area contributed by atoms with Gasteiger partial charge < -0.3 is 10.6 Å². The smallest absolute Gasteiger partial charge is 0.258 e. The van der Waals surface area contributed by atoms with E-state index in [0.717, 1.165) is 22.4 Å². The first kappa shape index (κ1) is 22.2. The second kappa shape index (κ2) is 8.98. The summed E-state index contributed by atoms with van der Waals surface area (Å²) in [6.45, 7) is 0.470. The summed E-state index contributed by atoms with van der Waals surface area (Å²) in [5.41, 5.74) is 11.9. The lowest BCUT2D eigenvalue weighted by Crippen LogP contribution is -2.30. The maximum Gasteiger partial charge on any atom is 0.258 e. The topological polar surface area (TPSA) is 63.4 Å². The fourth-order valence-corrected chi connectivity index (χ4v) is 4.90. The fraction of sp³-hybridized carbons (Fsp3) is 0.0714. The van der Waals surface area contributed by atoms with Crippen molar-refractivity contribution in [1.29, 1.82) is 0 Å². The molecule has 0 unspecified atom stereocenters. The Morgan fingerprint density at radius 1 is 0.794 bits per heavy atom. The molecular weight excluding hydrogens is 467 g/mol. The van der Waals surface area contributed by atoms with Crippen molar-refractivity contribution in [3.8, 4) is 11.1 Å². The molecule has 1 aliphatic heterocycles. The van der Waals surface area contributed by atoms with Crippen molar-refractivity contribution >= 4 is 40.7 Å². The Hall–Kier alpha value is -3.60. The van der Waals surface area contributed by atoms with Crippen LogP contribution in [0.3, 0.4) is 0 Å². The maximum absolute atomic E-state index is 13.7. The zero-order chi connectivity index (χ0) is 23.8. The molecule has 0 fully saturated rings. The zero-order valence-electron chi connectivity index (χ0n) is 18.1. The molecule has 4 nitrogen and oxygen atoms in total. The van der Waals surface area contributed by atoms with Crippen LogP contribution >= 0.6 is 23.2 Å². The number of nitrogens with zero attached hydrogens (tertiary/aromatic N) is 1. The van der Waals surface area contributed by atoms with Crippen molar-refractivity contribution in [2.75, 3.05) is 4.90 Å². The van der Waals surface area contributed by atoms with E-state index in [1.54, 1.807) is 29.2 Å². The summed E-state index contributed by atoms with van der Waals surface area (Å²) in [5.74, 6) is -0.692. The van der Waals surface area contributed by atoms with Crippen molar-refractivity contribution in [3.63, 3.8) is 0 Å². The first-order valence-corrected chi connectivity index (χ1v) is 11.5. The van der Waals surface area contributed by atoms with E-state index in [4.69, 9.17) is 28.9 Å². The monoisotopic (exact) mass is 486 g/mol. The first-order chi connectivity index (χ1) is 16.4. The quantitative estimate of drug-likeness (QED) is 0.358. The molecule has 0 saturated heterocycles. The van der Waals surface area contributed by atoms with Crippen molar-refractivity contribution in [3.05, 3.63) is 123 Å². The summed E-state index contributed by atoms with van der Waals surface area (Å²) < 4.78 is 0. The number of rotatable bonds is 3. The van der Waals surface area contributed by atoms with Gasteiger partial charge in [-0.1, -0.05) is 71.7 Å². The van der Waals surface area contributed by atoms with Crippen molar-refractivity contribution in [2.24, 2.45) is 5.73 Å². The van der Waals surface area contributed by atoms with E-state index in [1.165, 1.54) is 5.56 Å². The SMILES string of the molecule is NC(=O)c1cccc(-c2ccc(C(=O)N3Cc4ccccc4Cc4cc(Cl)ccc43)cc2)c1Cl. The molecule has 4 aromatic carbocycles. The highest BCUT2D eigenvalue weighted by Crippen LogP contribution is 2.34. The van der Waals surface area contributed by atoms with E-state index in [-0.39, 0.29) is 11.5 Å². The van der Waals surface area contributed by atoms with Crippen LogP contribution in [0, 0.1) is 0 Å². The third-order valence-corrected chi connectivity index (χ3v) is 6.75. The molecule has 4 aromatic rings. The second-order valence-electron chi connectivity index (χ2n) is 8.22. The predicted octanol–water partition coefficient (Wildman–Crippen LogP) is 6.51. The Morgan fingerprint density at radius 3 is 2.26 bits per heavy atom. The molecule has 0 aliphatic carbocycles. The summed E-state index contributed by atoms with van der Waals surface area (Å²) in [7, 11) is 0. The molecule has 6 heteroatoms. The van der Waals surface area contributed by atoms with Crippen LogP contribution in [0.1, 0.15) is 37.4 Å². The fourth-order valence-electron chi connectivity index (χ4n) is 4.38. The van der Waals surface area contributed by atoms with Gasteiger partial charge in [-0.25, -0.2) is 0 Å². The van der Waals surface area contributed by atoms with Crippen LogP contribution in [0.4, 0.5) is 5.69 Å². The lowest BCUT2D eigenvalue weighted by Gasteiger charge is -2.24. The third-order valence-electron chi connectivity index (χ3n) is 6.11. The zero-order valence-corrected chi connectivity index (χ0v) is 19.6. The van der Waals surface area contributed by atoms with Crippen molar-refractivity contribution in [1.82, 2.24) is 0 Å². The molecule has 2 N–H and O–H groups in total. The van der Waals surface area contributed by atoms with Crippen molar-refractivity contribution < 1.29 is 9.59 Å². The molecular formula is C28H20Cl2N2O2. The minimum Gasteiger partial charge on any atom is -0.366 e. The molecule has 5 rings (SSSR count). The van der Waals surface area contributed by atoms with Gasteiger partial charge in [-0.2, -0.15) is 0 Å². The summed E-state index contributed by atoms with van der Waals surface area (Å²) in [4.78, 5) is 27.1. The number of anilines is 1. The van der Waals surface area contributed by atoms with Gasteiger partial charge in [0.05, 0.1) is 17.1 Å². The van der Waals surface area contributed by atoms with Crippen LogP contribution in [0.2, 0.25) is 10.0 Å². The molecule has 0 aromatic heterocycles. The number of halogens is 2. The standard InChI is InChI=1S/C28H20Cl2N2O2/c29-22-12-13-25-21(15-22)14-19-4-1-2-5-20(19)16-32(25)28(34)18-10-8-17(9-11-18)23-6-3-7-24(26(23)30)27(31)33/h1-13,15H,14,16H2,(H2,31,33). The molecule has 0 bridgehead atoms. The van der Waals surface area contributed by atoms with E-state index < -0.39 is 5.91 Å². The summed E-state index contributed by atoms with van der Waals surface area (Å²) in [5, 5.41) is 0.939. The van der Waals surface area contributed by atoms with Gasteiger partial charge in [-0.05, 0) is 65.1 Å². The highest BCUT2D eigenvalue weighted by atomic mass is 35.5. The first-order valence-electron chi connectivity index (χ1n) is 10.8. The van der Waals surface area contributed by atoms with Gasteiger partial charge in [0.25, 0.3) is 5.91 Å². The molecule has 1 heterocycles. The Bertz CT molecular complexity index is 1430. The van der Waals surface area contributed by atoms with Crippen LogP contribution in [0.5, 0.6) is 0 Å². The molecule has 0 radical (unpaired) electrons. The minimum absolute atomic E-state index is 0.108. The van der Waals surface area contributed by atoms with Gasteiger partial charge in [0.1, 0.15) is 0 Å². The largest absolute Gasteiger partial charge is 0.366 e. The number of primary amides is 1. The molecule has 1 aliphatic rings. The lowest BCUT2D eigenvalue weighted by atomic mass is 10.0. The number of hydrogen-bond acceptors (Lipinski definition) is 2. The van der Waals surface area contributed by atoms with Crippen LogP contribution in [-0.2, 0) is 13.0 Å². The minimum atomic E-state index is -0.584. The number of carbonyl (C=O) groups excluding carboxylic acids is 2. The molecule has 0 saturated carbocycles. The Labute approximate surface area is 207 Å². The molecule has 2 amide bonds. The summed E-state index contributed by atoms with van der Waals surface area (Å²) >= 11 is 12.7. The van der Waals surface area contributed by atoms with E-state index >= 15 is 0 Å². The predicted molar refractivity (Wildman–Crippen MR) is 137 cm³/mol. The number of hydrogen-bond donors (Lipinski definition) is 1. The number of fused-ring (bicyclic) bond motifs is 2. The van der Waals surface area contributed by atoms with Gasteiger partial charge in [0.15, 0.2) is 0 Å². The van der Waals surface area contributed by atoms with Gasteiger partial charge in [-0.3, -0.25) is 9.59 Å². The maximum atomic E-state index is 13.7. The summed E-state index contributed by atoms with van der Waals surface area (Å²) in [6.07, 6.45) is 0.712. The van der Waals surface area contributed by atoms with E-state index in [2.05, 4.69) is 12.1 Å². The van der Waals surface area contributed by atoms with E-state index in [0.29, 0.717) is 34.1 Å². The average Bonchev–Trinajstić information content (AvgIpc) is 3.00. The third kappa shape index (κ3) is 4.07. The van der Waals surface area contributed by atoms with Crippen LogP contribution in [0.15, 0.2) is 84.9 Å². The Morgan fingerprint density at radius 2 is 1.53 bits per heavy atom. The highest BCUT2D eigenvalue weighted by molar-refractivity contribution is 6.36. The van der Waals surface area contributed by atoms with Gasteiger partial charge >= 0.3 is 0 Å². The Kier molecular flexibility index (Phi) is 5.86. The Balaban J connectivity index is 1.52. The average molecular weight is 487 g/mol. The normalized spacial score (nSPS) is 12.5. The molecule has 0 atom stereocenters.